The zero-order valence-electron chi connectivity index (χ0n) is 29.5. The fourth-order valence-electron chi connectivity index (χ4n) is 6.34. The van der Waals surface area contributed by atoms with Gasteiger partial charge in [0, 0.05) is 22.5 Å². The molecule has 54 heavy (non-hydrogen) atoms. The molecule has 0 spiro atoms. The Kier molecular flexibility index (Phi) is 11.3. The lowest BCUT2D eigenvalue weighted by atomic mass is 9.89. The Labute approximate surface area is 309 Å². The minimum atomic E-state index is -4.62. The highest BCUT2D eigenvalue weighted by atomic mass is 32.2. The number of H-pyrrole nitrogens is 1. The molecule has 0 bridgehead atoms. The van der Waals surface area contributed by atoms with E-state index in [-0.39, 0.29) is 27.8 Å². The highest BCUT2D eigenvalue weighted by Gasteiger charge is 2.41. The van der Waals surface area contributed by atoms with Gasteiger partial charge in [-0.25, -0.2) is 27.7 Å². The Bertz CT molecular complexity index is 2400. The number of nitrogens with one attached hydrogen (secondary N) is 1. The van der Waals surface area contributed by atoms with Crippen molar-refractivity contribution in [1.82, 2.24) is 14.8 Å². The number of esters is 1. The van der Waals surface area contributed by atoms with Crippen molar-refractivity contribution in [1.29, 1.82) is 5.26 Å². The number of hydrogen-bond donors (Lipinski definition) is 1. The van der Waals surface area contributed by atoms with Crippen LogP contribution >= 0.6 is 0 Å². The van der Waals surface area contributed by atoms with Crippen molar-refractivity contribution >= 4 is 27.7 Å². The van der Waals surface area contributed by atoms with E-state index in [9.17, 15) is 41.0 Å². The second-order valence-electron chi connectivity index (χ2n) is 13.0. The van der Waals surface area contributed by atoms with Crippen molar-refractivity contribution in [2.24, 2.45) is 0 Å². The van der Waals surface area contributed by atoms with Crippen LogP contribution in [0.25, 0.3) is 0 Å². The molecular formula is C38H35F3N6O6S. The van der Waals surface area contributed by atoms with Gasteiger partial charge in [0.15, 0.2) is 0 Å². The lowest BCUT2D eigenvalue weighted by Crippen LogP contribution is -2.40. The van der Waals surface area contributed by atoms with Gasteiger partial charge in [-0.3, -0.25) is 4.90 Å². The Morgan fingerprint density at radius 2 is 1.63 bits per heavy atom. The second-order valence-corrected chi connectivity index (χ2v) is 14.4. The molecule has 0 amide bonds. The summed E-state index contributed by atoms with van der Waals surface area (Å²) in [6, 6.07) is 27.8. The lowest BCUT2D eigenvalue weighted by molar-refractivity contribution is -0.916. The molecule has 1 aliphatic rings. The first-order chi connectivity index (χ1) is 25.4. The predicted molar refractivity (Wildman–Crippen MR) is 191 cm³/mol. The van der Waals surface area contributed by atoms with Crippen LogP contribution in [0.15, 0.2) is 124 Å². The number of quaternary nitrogens is 1. The molecule has 12 nitrogen and oxygen atoms in total. The summed E-state index contributed by atoms with van der Waals surface area (Å²) in [6.45, 7) is 2.64. The monoisotopic (exact) mass is 760 g/mol. The van der Waals surface area contributed by atoms with Gasteiger partial charge in [0.2, 0.25) is 5.95 Å². The van der Waals surface area contributed by atoms with Gasteiger partial charge in [-0.2, -0.15) is 18.4 Å². The average molecular weight is 761 g/mol. The number of nitrogens with zero attached hydrogens (tertiary/aromatic N) is 5. The number of aromatic nitrogens is 3. The Morgan fingerprint density at radius 3 is 2.20 bits per heavy atom. The van der Waals surface area contributed by atoms with Crippen molar-refractivity contribution in [3.63, 3.8) is 0 Å². The topological polar surface area (TPSA) is 161 Å². The van der Waals surface area contributed by atoms with Crippen molar-refractivity contribution in [3.8, 4) is 6.07 Å². The molecule has 0 unspecified atom stereocenters. The molecular weight excluding hydrogens is 726 g/mol. The number of carbonyl (C=O) groups is 1. The summed E-state index contributed by atoms with van der Waals surface area (Å²) in [6.07, 6.45) is -4.62. The molecule has 1 aliphatic heterocycles. The zero-order chi connectivity index (χ0) is 39.4. The molecule has 2 heterocycles. The predicted octanol–water partition coefficient (Wildman–Crippen LogP) is 6.02. The number of nitriles is 1. The van der Waals surface area contributed by atoms with E-state index in [2.05, 4.69) is 16.3 Å². The number of fused-ring (bicyclic) bond motifs is 1. The number of halogens is 3. The van der Waals surface area contributed by atoms with Crippen LogP contribution < -0.4 is 10.6 Å². The van der Waals surface area contributed by atoms with Crippen molar-refractivity contribution in [2.45, 2.75) is 37.1 Å². The summed E-state index contributed by atoms with van der Waals surface area (Å²) in [5.74, 6) is -0.769. The van der Waals surface area contributed by atoms with Crippen LogP contribution in [0.1, 0.15) is 40.8 Å². The van der Waals surface area contributed by atoms with Crippen LogP contribution in [-0.2, 0) is 38.9 Å². The van der Waals surface area contributed by atoms with E-state index in [0.717, 1.165) is 17.7 Å². The quantitative estimate of drug-likeness (QED) is 0.113. The fourth-order valence-corrected chi connectivity index (χ4v) is 6.83. The van der Waals surface area contributed by atoms with E-state index in [1.165, 1.54) is 53.0 Å². The van der Waals surface area contributed by atoms with Crippen LogP contribution in [0.3, 0.4) is 0 Å². The van der Waals surface area contributed by atoms with E-state index >= 15 is 0 Å². The highest BCUT2D eigenvalue weighted by Crippen LogP contribution is 2.44. The van der Waals surface area contributed by atoms with Gasteiger partial charge in [0.1, 0.15) is 29.2 Å². The molecule has 280 valence electrons. The van der Waals surface area contributed by atoms with Crippen molar-refractivity contribution < 1.29 is 40.2 Å². The zero-order valence-corrected chi connectivity index (χ0v) is 30.4. The molecule has 0 aliphatic carbocycles. The molecule has 16 heteroatoms. The van der Waals surface area contributed by atoms with Gasteiger partial charge >= 0.3 is 17.8 Å². The minimum absolute atomic E-state index is 0.00202. The molecule has 1 N–H and O–H groups in total. The molecule has 0 fully saturated rings. The van der Waals surface area contributed by atoms with E-state index in [4.69, 9.17) is 4.74 Å². The first-order valence-corrected chi connectivity index (χ1v) is 17.7. The summed E-state index contributed by atoms with van der Waals surface area (Å²) >= 11 is 0. The lowest BCUT2D eigenvalue weighted by Gasteiger charge is -2.37. The number of rotatable bonds is 8. The molecule has 4 aromatic carbocycles. The standard InChI is InChI=1S/C32H29F3N6O3.C6H6O3S/c1-20-27(29(42)44-4)28(40-30(37-38-31(40)43)39(20)25-12-8-11-24(16-25)32(33,34)35)26-14-13-22(17-36)15-23(26)19-41(2,3)18-21-9-6-5-7-10-21;7-10(8,9)6-4-2-1-3-5-6/h5-16,28H,18-19H2,1-4H3;1-5H,(H,7,8,9)/t28-;/m1./s1. The Balaban J connectivity index is 0.000000486. The molecule has 0 saturated carbocycles. The van der Waals surface area contributed by atoms with Gasteiger partial charge in [0.05, 0.1) is 48.9 Å². The SMILES string of the molecule is COC(=O)C1=C(C)N(c2cccc(C(F)(F)F)c2)c2n[nH]c(=O)n2[C@@H]1c1ccc(C#N)cc1C[N+](C)(C)Cc1ccccc1.O=S(=O)([O-])c1ccccc1. The Morgan fingerprint density at radius 1 is 0.981 bits per heavy atom. The molecule has 1 atom stereocenters. The second kappa shape index (κ2) is 15.5. The fraction of sp³-hybridized carbons (Fsp3) is 0.211. The largest absolute Gasteiger partial charge is 0.744 e. The maximum atomic E-state index is 13.6. The van der Waals surface area contributed by atoms with Crippen molar-refractivity contribution in [2.75, 3.05) is 26.1 Å². The molecule has 0 radical (unpaired) electrons. The normalized spacial score (nSPS) is 14.4. The van der Waals surface area contributed by atoms with E-state index < -0.39 is 39.6 Å². The average Bonchev–Trinajstić information content (AvgIpc) is 3.51. The summed E-state index contributed by atoms with van der Waals surface area (Å²) in [5.41, 5.74) is 1.51. The summed E-state index contributed by atoms with van der Waals surface area (Å²) in [5, 5.41) is 16.3. The number of carbonyl (C=O) groups excluding carboxylic acids is 1. The van der Waals surface area contributed by atoms with E-state index in [1.54, 1.807) is 31.2 Å². The van der Waals surface area contributed by atoms with Gasteiger partial charge in [-0.05, 0) is 55.0 Å². The van der Waals surface area contributed by atoms with Crippen LogP contribution in [0.4, 0.5) is 24.8 Å². The van der Waals surface area contributed by atoms with Gasteiger partial charge in [-0.1, -0.05) is 60.7 Å². The highest BCUT2D eigenvalue weighted by molar-refractivity contribution is 7.85. The number of methoxy groups -OCH3 is 1. The number of allylic oxidation sites excluding steroid dienone is 1. The van der Waals surface area contributed by atoms with Crippen LogP contribution in [0.5, 0.6) is 0 Å². The summed E-state index contributed by atoms with van der Waals surface area (Å²) in [4.78, 5) is 28.0. The number of hydrogen-bond acceptors (Lipinski definition) is 9. The third-order valence-electron chi connectivity index (χ3n) is 8.63. The molecule has 6 rings (SSSR count). The molecule has 0 saturated heterocycles. The third-order valence-corrected chi connectivity index (χ3v) is 9.48. The van der Waals surface area contributed by atoms with E-state index in [1.807, 2.05) is 44.4 Å². The van der Waals surface area contributed by atoms with Crippen LogP contribution in [0.2, 0.25) is 0 Å². The number of alkyl halides is 3. The van der Waals surface area contributed by atoms with Gasteiger partial charge < -0.3 is 13.8 Å². The maximum absolute atomic E-state index is 13.6. The smallest absolute Gasteiger partial charge is 0.416 e. The Hall–Kier alpha value is -6.02. The maximum Gasteiger partial charge on any atom is 0.416 e. The van der Waals surface area contributed by atoms with Crippen LogP contribution in [0, 0.1) is 11.3 Å². The summed E-state index contributed by atoms with van der Waals surface area (Å²) < 4.78 is 78.6. The van der Waals surface area contributed by atoms with Gasteiger partial charge in [0.25, 0.3) is 0 Å². The number of aromatic amines is 1. The minimum Gasteiger partial charge on any atom is -0.744 e. The number of benzene rings is 4. The molecule has 5 aromatic rings. The molecule has 1 aromatic heterocycles. The number of ether oxygens (including phenoxy) is 1. The first kappa shape index (κ1) is 39.2. The number of anilines is 2. The van der Waals surface area contributed by atoms with Gasteiger partial charge in [-0.15, -0.1) is 5.10 Å². The first-order valence-electron chi connectivity index (χ1n) is 16.3. The summed E-state index contributed by atoms with van der Waals surface area (Å²) in [7, 11) is 1.01. The van der Waals surface area contributed by atoms with Crippen molar-refractivity contribution in [3.05, 3.63) is 153 Å². The third kappa shape index (κ3) is 8.60. The van der Waals surface area contributed by atoms with Crippen LogP contribution in [-0.4, -0.2) is 59.4 Å². The van der Waals surface area contributed by atoms with E-state index in [0.29, 0.717) is 34.3 Å².